The van der Waals surface area contributed by atoms with Gasteiger partial charge in [0.2, 0.25) is 5.91 Å². The average molecular weight is 510 g/mol. The summed E-state index contributed by atoms with van der Waals surface area (Å²) in [7, 11) is -4.07. The van der Waals surface area contributed by atoms with Crippen molar-refractivity contribution >= 4 is 33.2 Å². The number of carbonyl (C=O) groups is 2. The number of anilines is 2. The van der Waals surface area contributed by atoms with Gasteiger partial charge in [-0.1, -0.05) is 29.8 Å². The second-order valence-electron chi connectivity index (χ2n) is 8.47. The van der Waals surface area contributed by atoms with Gasteiger partial charge in [-0.3, -0.25) is 13.9 Å². The number of amides is 2. The summed E-state index contributed by atoms with van der Waals surface area (Å²) >= 11 is 0. The van der Waals surface area contributed by atoms with Crippen LogP contribution in [0.3, 0.4) is 0 Å². The van der Waals surface area contributed by atoms with Gasteiger partial charge in [0.15, 0.2) is 0 Å². The molecule has 8 nitrogen and oxygen atoms in total. The number of hydrogen-bond donors (Lipinski definition) is 2. The van der Waals surface area contributed by atoms with Crippen LogP contribution in [-0.2, 0) is 14.8 Å². The molecule has 3 rings (SSSR count). The summed E-state index contributed by atoms with van der Waals surface area (Å²) in [4.78, 5) is 25.8. The molecule has 3 aromatic rings. The number of nitrogens with one attached hydrogen (secondary N) is 2. The Morgan fingerprint density at radius 3 is 2.19 bits per heavy atom. The molecule has 0 saturated heterocycles. The number of aryl methyl sites for hydroxylation is 1. The molecule has 0 bridgehead atoms. The van der Waals surface area contributed by atoms with Crippen LogP contribution in [-0.4, -0.2) is 39.4 Å². The Morgan fingerprint density at radius 2 is 1.58 bits per heavy atom. The van der Waals surface area contributed by atoms with Crippen molar-refractivity contribution in [2.24, 2.45) is 0 Å². The van der Waals surface area contributed by atoms with E-state index in [1.807, 2.05) is 27.7 Å². The Morgan fingerprint density at radius 1 is 0.944 bits per heavy atom. The van der Waals surface area contributed by atoms with Gasteiger partial charge in [0.05, 0.1) is 28.4 Å². The minimum absolute atomic E-state index is 0.0616. The molecule has 2 amide bonds. The van der Waals surface area contributed by atoms with Gasteiger partial charge in [-0.05, 0) is 76.2 Å². The first-order valence-electron chi connectivity index (χ1n) is 11.6. The highest BCUT2D eigenvalue weighted by atomic mass is 32.2. The number of hydrogen-bond acceptors (Lipinski definition) is 5. The van der Waals surface area contributed by atoms with E-state index in [1.54, 1.807) is 60.7 Å². The highest BCUT2D eigenvalue weighted by Crippen LogP contribution is 2.26. The smallest absolute Gasteiger partial charge is 0.264 e. The summed E-state index contributed by atoms with van der Waals surface area (Å²) in [6.45, 7) is 7.36. The monoisotopic (exact) mass is 509 g/mol. The van der Waals surface area contributed by atoms with E-state index in [9.17, 15) is 18.0 Å². The molecule has 0 heterocycles. The summed E-state index contributed by atoms with van der Waals surface area (Å²) in [6.07, 6.45) is 0. The molecule has 0 aliphatic heterocycles. The predicted octanol–water partition coefficient (Wildman–Crippen LogP) is 4.37. The first-order valence-corrected chi connectivity index (χ1v) is 13.1. The third-order valence-corrected chi connectivity index (χ3v) is 6.99. The third-order valence-electron chi connectivity index (χ3n) is 5.20. The lowest BCUT2D eigenvalue weighted by Gasteiger charge is -2.24. The number of ether oxygens (including phenoxy) is 1. The molecule has 0 aliphatic rings. The zero-order chi connectivity index (χ0) is 26.3. The van der Waals surface area contributed by atoms with Crippen LogP contribution in [0.1, 0.15) is 36.7 Å². The third kappa shape index (κ3) is 6.63. The lowest BCUT2D eigenvalue weighted by atomic mass is 10.1. The number of nitrogens with zero attached hydrogens (tertiary/aromatic N) is 1. The van der Waals surface area contributed by atoms with Crippen molar-refractivity contribution in [2.45, 2.75) is 38.6 Å². The minimum Gasteiger partial charge on any atom is -0.494 e. The Balaban J connectivity index is 1.93. The molecule has 190 valence electrons. The first kappa shape index (κ1) is 26.7. The van der Waals surface area contributed by atoms with Crippen LogP contribution >= 0.6 is 0 Å². The number of rotatable bonds is 10. The van der Waals surface area contributed by atoms with Gasteiger partial charge in [0.1, 0.15) is 12.3 Å². The van der Waals surface area contributed by atoms with E-state index in [4.69, 9.17) is 4.74 Å². The van der Waals surface area contributed by atoms with Crippen molar-refractivity contribution < 1.29 is 22.7 Å². The molecule has 0 fully saturated rings. The SMILES string of the molecule is CCOc1ccc(N(CC(=O)Nc2ccccc2C(=O)NC(C)C)S(=O)(=O)c2ccc(C)cc2)cc1. The topological polar surface area (TPSA) is 105 Å². The Kier molecular flexibility index (Phi) is 8.71. The Labute approximate surface area is 212 Å². The fourth-order valence-electron chi connectivity index (χ4n) is 3.48. The average Bonchev–Trinajstić information content (AvgIpc) is 2.83. The van der Waals surface area contributed by atoms with Gasteiger partial charge in [0.25, 0.3) is 15.9 Å². The summed E-state index contributed by atoms with van der Waals surface area (Å²) < 4.78 is 33.7. The van der Waals surface area contributed by atoms with E-state index >= 15 is 0 Å². The maximum absolute atomic E-state index is 13.6. The second-order valence-corrected chi connectivity index (χ2v) is 10.3. The van der Waals surface area contributed by atoms with Gasteiger partial charge >= 0.3 is 0 Å². The van der Waals surface area contributed by atoms with E-state index < -0.39 is 22.5 Å². The highest BCUT2D eigenvalue weighted by molar-refractivity contribution is 7.92. The summed E-state index contributed by atoms with van der Waals surface area (Å²) in [5, 5.41) is 5.50. The largest absolute Gasteiger partial charge is 0.494 e. The zero-order valence-electron chi connectivity index (χ0n) is 20.8. The van der Waals surface area contributed by atoms with Gasteiger partial charge in [-0.15, -0.1) is 0 Å². The molecule has 2 N–H and O–H groups in total. The van der Waals surface area contributed by atoms with Gasteiger partial charge < -0.3 is 15.4 Å². The second kappa shape index (κ2) is 11.7. The van der Waals surface area contributed by atoms with Crippen LogP contribution in [0.25, 0.3) is 0 Å². The normalized spacial score (nSPS) is 11.1. The quantitative estimate of drug-likeness (QED) is 0.422. The molecule has 0 unspecified atom stereocenters. The fourth-order valence-corrected chi connectivity index (χ4v) is 4.90. The molecule has 0 radical (unpaired) electrons. The number of sulfonamides is 1. The molecular weight excluding hydrogens is 478 g/mol. The van der Waals surface area contributed by atoms with Crippen LogP contribution in [0, 0.1) is 6.92 Å². The van der Waals surface area contributed by atoms with E-state index in [-0.39, 0.29) is 22.4 Å². The van der Waals surface area contributed by atoms with E-state index in [1.165, 1.54) is 12.1 Å². The van der Waals surface area contributed by atoms with Crippen molar-refractivity contribution in [3.63, 3.8) is 0 Å². The van der Waals surface area contributed by atoms with Crippen molar-refractivity contribution in [1.82, 2.24) is 5.32 Å². The molecular formula is C27H31N3O5S. The number of benzene rings is 3. The van der Waals surface area contributed by atoms with Gasteiger partial charge in [-0.2, -0.15) is 0 Å². The maximum atomic E-state index is 13.6. The lowest BCUT2D eigenvalue weighted by Crippen LogP contribution is -2.38. The van der Waals surface area contributed by atoms with E-state index in [0.29, 0.717) is 23.7 Å². The van der Waals surface area contributed by atoms with Crippen LogP contribution in [0.2, 0.25) is 0 Å². The molecule has 0 aromatic heterocycles. The van der Waals surface area contributed by atoms with Crippen LogP contribution in [0.5, 0.6) is 5.75 Å². The van der Waals surface area contributed by atoms with Crippen molar-refractivity contribution in [3.8, 4) is 5.75 Å². The molecule has 36 heavy (non-hydrogen) atoms. The Hall–Kier alpha value is -3.85. The van der Waals surface area contributed by atoms with Gasteiger partial charge in [-0.25, -0.2) is 8.42 Å². The molecule has 0 saturated carbocycles. The Bertz CT molecular complexity index is 1300. The number of para-hydroxylation sites is 1. The van der Waals surface area contributed by atoms with E-state index in [2.05, 4.69) is 10.6 Å². The molecule has 0 spiro atoms. The van der Waals surface area contributed by atoms with Crippen LogP contribution in [0.4, 0.5) is 11.4 Å². The number of carbonyl (C=O) groups excluding carboxylic acids is 2. The molecule has 0 aliphatic carbocycles. The van der Waals surface area contributed by atoms with Gasteiger partial charge in [0, 0.05) is 6.04 Å². The summed E-state index contributed by atoms with van der Waals surface area (Å²) in [6, 6.07) is 19.4. The highest BCUT2D eigenvalue weighted by Gasteiger charge is 2.28. The zero-order valence-corrected chi connectivity index (χ0v) is 21.6. The van der Waals surface area contributed by atoms with Crippen molar-refractivity contribution in [1.29, 1.82) is 0 Å². The molecule has 3 aromatic carbocycles. The van der Waals surface area contributed by atoms with Crippen molar-refractivity contribution in [3.05, 3.63) is 83.9 Å². The van der Waals surface area contributed by atoms with E-state index in [0.717, 1.165) is 9.87 Å². The molecule has 0 atom stereocenters. The lowest BCUT2D eigenvalue weighted by molar-refractivity contribution is -0.114. The van der Waals surface area contributed by atoms with Crippen LogP contribution in [0.15, 0.2) is 77.7 Å². The summed E-state index contributed by atoms with van der Waals surface area (Å²) in [5.41, 5.74) is 1.80. The standard InChI is InChI=1S/C27H31N3O5S/c1-5-35-22-14-12-21(13-15-22)30(36(33,34)23-16-10-20(4)11-17-23)18-26(31)29-25-9-7-6-8-24(25)27(32)28-19(2)3/h6-17,19H,5,18H2,1-4H3,(H,28,32)(H,29,31). The predicted molar refractivity (Wildman–Crippen MR) is 141 cm³/mol. The summed E-state index contributed by atoms with van der Waals surface area (Å²) in [5.74, 6) is -0.343. The minimum atomic E-state index is -4.07. The molecule has 9 heteroatoms. The van der Waals surface area contributed by atoms with Crippen molar-refractivity contribution in [2.75, 3.05) is 22.8 Å². The van der Waals surface area contributed by atoms with Crippen LogP contribution < -0.4 is 19.7 Å². The fraction of sp³-hybridized carbons (Fsp3) is 0.259. The first-order chi connectivity index (χ1) is 17.1. The maximum Gasteiger partial charge on any atom is 0.264 e.